The summed E-state index contributed by atoms with van der Waals surface area (Å²) in [7, 11) is 0. The molecule has 0 saturated heterocycles. The average Bonchev–Trinajstić information content (AvgIpc) is 3.71. The number of benzene rings is 3. The van der Waals surface area contributed by atoms with E-state index in [9.17, 15) is 15.2 Å². The number of ether oxygens (including phenoxy) is 1. The van der Waals surface area contributed by atoms with Crippen molar-refractivity contribution < 1.29 is 19.2 Å². The number of carbonyl (C=O) groups is 1. The number of fused-ring (bicyclic) bond motifs is 1. The van der Waals surface area contributed by atoms with Gasteiger partial charge in [0.2, 0.25) is 0 Å². The van der Waals surface area contributed by atoms with Gasteiger partial charge in [0.1, 0.15) is 29.9 Å². The molecule has 3 aromatic carbocycles. The highest BCUT2D eigenvalue weighted by Gasteiger charge is 2.34. The Morgan fingerprint density at radius 1 is 1.12 bits per heavy atom. The van der Waals surface area contributed by atoms with Gasteiger partial charge in [-0.05, 0) is 79.8 Å². The molecular weight excluding hydrogens is 549 g/mol. The summed E-state index contributed by atoms with van der Waals surface area (Å²) in [5.74, 6) is 0.707. The average molecular weight is 572 g/mol. The number of carboxylic acid groups (broad SMARTS) is 1. The molecule has 1 N–H and O–H groups in total. The number of anilines is 2. The number of aromatic carboxylic acids is 1. The Kier molecular flexibility index (Phi) is 6.75. The molecule has 1 aromatic heterocycles. The van der Waals surface area contributed by atoms with Crippen molar-refractivity contribution in [2.75, 3.05) is 4.90 Å². The number of carboxylic acids is 1. The topological polar surface area (TPSA) is 99.6 Å². The van der Waals surface area contributed by atoms with E-state index < -0.39 is 5.97 Å². The predicted molar refractivity (Wildman–Crippen MR) is 152 cm³/mol. The zero-order valence-corrected chi connectivity index (χ0v) is 22.8. The Balaban J connectivity index is 1.31. The van der Waals surface area contributed by atoms with Crippen molar-refractivity contribution in [2.45, 2.75) is 38.2 Å². The van der Waals surface area contributed by atoms with E-state index in [2.05, 4.69) is 17.8 Å². The zero-order valence-electron chi connectivity index (χ0n) is 21.3. The maximum atomic E-state index is 11.4. The first kappa shape index (κ1) is 26.0. The summed E-state index contributed by atoms with van der Waals surface area (Å²) in [4.78, 5) is 13.3. The highest BCUT2D eigenvalue weighted by Crippen LogP contribution is 2.46. The van der Waals surface area contributed by atoms with Crippen molar-refractivity contribution in [1.29, 1.82) is 5.26 Å². The fourth-order valence-electron chi connectivity index (χ4n) is 5.09. The molecule has 2 aliphatic rings. The van der Waals surface area contributed by atoms with Crippen LogP contribution in [0.4, 0.5) is 11.4 Å². The second-order valence-corrected chi connectivity index (χ2v) is 10.7. The van der Waals surface area contributed by atoms with Crippen LogP contribution in [0.15, 0.2) is 71.4 Å². The summed E-state index contributed by atoms with van der Waals surface area (Å²) in [5, 5.41) is 24.4. The number of halogens is 2. The Morgan fingerprint density at radius 2 is 1.88 bits per heavy atom. The van der Waals surface area contributed by atoms with Gasteiger partial charge in [0.15, 0.2) is 0 Å². The molecule has 200 valence electrons. The molecule has 1 aliphatic carbocycles. The Labute approximate surface area is 240 Å². The summed E-state index contributed by atoms with van der Waals surface area (Å²) in [6, 6.07) is 17.8. The van der Waals surface area contributed by atoms with E-state index in [4.69, 9.17) is 32.5 Å². The van der Waals surface area contributed by atoms with Crippen LogP contribution in [0.25, 0.3) is 11.3 Å². The van der Waals surface area contributed by atoms with Crippen molar-refractivity contribution in [3.63, 3.8) is 0 Å². The lowest BCUT2D eigenvalue weighted by atomic mass is 9.97. The van der Waals surface area contributed by atoms with E-state index in [-0.39, 0.29) is 17.7 Å². The van der Waals surface area contributed by atoms with Gasteiger partial charge in [-0.1, -0.05) is 41.0 Å². The van der Waals surface area contributed by atoms with Crippen LogP contribution in [0.5, 0.6) is 5.75 Å². The zero-order chi connectivity index (χ0) is 28.0. The fourth-order valence-corrected chi connectivity index (χ4v) is 5.67. The van der Waals surface area contributed by atoms with Crippen LogP contribution in [0.2, 0.25) is 10.0 Å². The first-order valence-electron chi connectivity index (χ1n) is 12.8. The van der Waals surface area contributed by atoms with Gasteiger partial charge in [-0.3, -0.25) is 0 Å². The van der Waals surface area contributed by atoms with E-state index in [0.717, 1.165) is 47.5 Å². The lowest BCUT2D eigenvalue weighted by Gasteiger charge is -2.34. The highest BCUT2D eigenvalue weighted by molar-refractivity contribution is 6.39. The number of aromatic nitrogens is 1. The predicted octanol–water partition coefficient (Wildman–Crippen LogP) is 8.27. The number of hydrogen-bond acceptors (Lipinski definition) is 6. The minimum absolute atomic E-state index is 0.0589. The summed E-state index contributed by atoms with van der Waals surface area (Å²) < 4.78 is 12.0. The van der Waals surface area contributed by atoms with Crippen molar-refractivity contribution in [3.05, 3.63) is 105 Å². The second kappa shape index (κ2) is 10.4. The fraction of sp³-hybridized carbons (Fsp3) is 0.194. The van der Waals surface area contributed by atoms with E-state index in [1.807, 2.05) is 23.1 Å². The minimum atomic E-state index is -1.08. The van der Waals surface area contributed by atoms with Crippen LogP contribution in [0.1, 0.15) is 58.0 Å². The molecule has 1 aliphatic heterocycles. The molecule has 0 bridgehead atoms. The molecule has 4 aromatic rings. The molecule has 0 radical (unpaired) electrons. The van der Waals surface area contributed by atoms with Crippen LogP contribution in [-0.2, 0) is 13.0 Å². The molecule has 0 spiro atoms. The van der Waals surface area contributed by atoms with Gasteiger partial charge < -0.3 is 19.3 Å². The molecule has 40 heavy (non-hydrogen) atoms. The summed E-state index contributed by atoms with van der Waals surface area (Å²) >= 11 is 13.0. The second-order valence-electron chi connectivity index (χ2n) is 9.87. The van der Waals surface area contributed by atoms with E-state index in [1.54, 1.807) is 24.3 Å². The molecule has 1 saturated carbocycles. The van der Waals surface area contributed by atoms with E-state index in [1.165, 1.54) is 12.1 Å². The number of nitriles is 1. The van der Waals surface area contributed by atoms with E-state index in [0.29, 0.717) is 45.1 Å². The molecule has 0 amide bonds. The normalized spacial score (nSPS) is 14.5. The molecule has 1 fully saturated rings. The number of hydrogen-bond donors (Lipinski definition) is 1. The Hall–Kier alpha value is -4.25. The standard InChI is InChI=1S/C31H23Cl2N3O4/c1-17-5-6-19-14-22(10-12-26(19)36(17)27-11-9-20(31(37)38)13-21(27)15-34)39-16-23-29(35-40-30(23)18-7-8-18)28-24(32)3-2-4-25(28)33/h2-4,9-14,18H,1,5-8,16H2,(H,37,38). The third-order valence-electron chi connectivity index (χ3n) is 7.25. The van der Waals surface area contributed by atoms with Crippen LogP contribution in [0, 0.1) is 11.3 Å². The molecule has 6 rings (SSSR count). The maximum Gasteiger partial charge on any atom is 0.335 e. The molecule has 0 unspecified atom stereocenters. The monoisotopic (exact) mass is 571 g/mol. The van der Waals surface area contributed by atoms with Crippen molar-refractivity contribution in [3.8, 4) is 23.1 Å². The molecule has 2 heterocycles. The van der Waals surface area contributed by atoms with Crippen molar-refractivity contribution in [2.24, 2.45) is 0 Å². The van der Waals surface area contributed by atoms with Gasteiger partial charge in [-0.15, -0.1) is 0 Å². The van der Waals surface area contributed by atoms with Gasteiger partial charge >= 0.3 is 5.97 Å². The summed E-state index contributed by atoms with van der Waals surface area (Å²) in [6.45, 7) is 4.44. The van der Waals surface area contributed by atoms with Gasteiger partial charge in [0.25, 0.3) is 0 Å². The van der Waals surface area contributed by atoms with Gasteiger partial charge in [-0.25, -0.2) is 4.79 Å². The molecule has 7 nitrogen and oxygen atoms in total. The first-order valence-corrected chi connectivity index (χ1v) is 13.5. The van der Waals surface area contributed by atoms with Crippen LogP contribution in [0.3, 0.4) is 0 Å². The number of nitrogens with zero attached hydrogens (tertiary/aromatic N) is 3. The van der Waals surface area contributed by atoms with Gasteiger partial charge in [0, 0.05) is 22.9 Å². The summed E-state index contributed by atoms with van der Waals surface area (Å²) in [5.41, 5.74) is 5.68. The van der Waals surface area contributed by atoms with Crippen LogP contribution >= 0.6 is 23.2 Å². The van der Waals surface area contributed by atoms with Crippen molar-refractivity contribution >= 4 is 40.5 Å². The lowest BCUT2D eigenvalue weighted by molar-refractivity contribution is 0.0697. The third-order valence-corrected chi connectivity index (χ3v) is 7.88. The number of allylic oxidation sites excluding steroid dienone is 1. The minimum Gasteiger partial charge on any atom is -0.489 e. The Morgan fingerprint density at radius 3 is 2.58 bits per heavy atom. The van der Waals surface area contributed by atoms with Gasteiger partial charge in [0.05, 0.1) is 32.4 Å². The SMILES string of the molecule is C=C1CCc2cc(OCc3c(-c4c(Cl)cccc4Cl)noc3C3CC3)ccc2N1c1ccc(C(=O)O)cc1C#N. The quantitative estimate of drug-likeness (QED) is 0.238. The summed E-state index contributed by atoms with van der Waals surface area (Å²) in [6.07, 6.45) is 3.50. The third kappa shape index (κ3) is 4.70. The molecule has 9 heteroatoms. The smallest absolute Gasteiger partial charge is 0.335 e. The van der Waals surface area contributed by atoms with Crippen molar-refractivity contribution in [1.82, 2.24) is 5.16 Å². The number of rotatable bonds is 7. The highest BCUT2D eigenvalue weighted by atomic mass is 35.5. The lowest BCUT2D eigenvalue weighted by Crippen LogP contribution is -2.23. The number of aryl methyl sites for hydroxylation is 1. The maximum absolute atomic E-state index is 11.4. The Bertz CT molecular complexity index is 1700. The van der Waals surface area contributed by atoms with Crippen LogP contribution in [-0.4, -0.2) is 16.2 Å². The van der Waals surface area contributed by atoms with Gasteiger partial charge in [-0.2, -0.15) is 5.26 Å². The molecular formula is C31H23Cl2N3O4. The van der Waals surface area contributed by atoms with E-state index >= 15 is 0 Å². The first-order chi connectivity index (χ1) is 19.4. The molecule has 0 atom stereocenters. The van der Waals surface area contributed by atoms with Crippen LogP contribution < -0.4 is 9.64 Å². The largest absolute Gasteiger partial charge is 0.489 e.